The number of piperidine rings is 1. The first-order chi connectivity index (χ1) is 17.1. The van der Waals surface area contributed by atoms with Gasteiger partial charge in [0.1, 0.15) is 9.71 Å². The monoisotopic (exact) mass is 486 g/mol. The van der Waals surface area contributed by atoms with Crippen molar-refractivity contribution in [3.63, 3.8) is 0 Å². The van der Waals surface area contributed by atoms with Gasteiger partial charge in [0.2, 0.25) is 0 Å². The fourth-order valence-corrected chi connectivity index (χ4v) is 6.31. The fraction of sp³-hybridized carbons (Fsp3) is 0.379. The first kappa shape index (κ1) is 23.8. The highest BCUT2D eigenvalue weighted by Crippen LogP contribution is 2.34. The van der Waals surface area contributed by atoms with Gasteiger partial charge in [0, 0.05) is 29.5 Å². The van der Waals surface area contributed by atoms with Crippen molar-refractivity contribution in [2.75, 3.05) is 26.2 Å². The van der Waals surface area contributed by atoms with E-state index in [0.717, 1.165) is 64.1 Å². The van der Waals surface area contributed by atoms with Crippen molar-refractivity contribution in [2.24, 2.45) is 5.92 Å². The summed E-state index contributed by atoms with van der Waals surface area (Å²) < 4.78 is 2.18. The molecule has 182 valence electrons. The smallest absolute Gasteiger partial charge is 0.263 e. The minimum Gasteiger partial charge on any atom is -0.351 e. The summed E-state index contributed by atoms with van der Waals surface area (Å²) in [5, 5.41) is 4.22. The molecule has 4 heterocycles. The van der Waals surface area contributed by atoms with Gasteiger partial charge in [-0.05, 0) is 94.9 Å². The number of nitrogens with zero attached hydrogens (tertiary/aromatic N) is 3. The number of aromatic nitrogens is 2. The maximum atomic E-state index is 13.3. The van der Waals surface area contributed by atoms with Gasteiger partial charge in [-0.15, -0.1) is 11.3 Å². The van der Waals surface area contributed by atoms with E-state index in [0.29, 0.717) is 6.54 Å². The van der Waals surface area contributed by atoms with Crippen LogP contribution in [0.15, 0.2) is 60.8 Å². The van der Waals surface area contributed by atoms with Crippen molar-refractivity contribution in [3.8, 4) is 5.69 Å². The maximum Gasteiger partial charge on any atom is 0.263 e. The lowest BCUT2D eigenvalue weighted by atomic mass is 9.90. The zero-order chi connectivity index (χ0) is 24.2. The lowest BCUT2D eigenvalue weighted by Gasteiger charge is -2.32. The number of hydrogen-bond acceptors (Lipinski definition) is 4. The summed E-state index contributed by atoms with van der Waals surface area (Å²) >= 11 is 1.48. The topological polar surface area (TPSA) is 50.2 Å². The van der Waals surface area contributed by atoms with Gasteiger partial charge in [-0.2, -0.15) is 0 Å². The van der Waals surface area contributed by atoms with E-state index < -0.39 is 0 Å². The second kappa shape index (κ2) is 10.8. The first-order valence-electron chi connectivity index (χ1n) is 12.7. The number of pyridine rings is 1. The zero-order valence-corrected chi connectivity index (χ0v) is 21.5. The normalized spacial score (nSPS) is 15.0. The Morgan fingerprint density at radius 1 is 1.03 bits per heavy atom. The number of hydrogen-bond donors (Lipinski definition) is 1. The van der Waals surface area contributed by atoms with Gasteiger partial charge in [-0.1, -0.05) is 30.3 Å². The third kappa shape index (κ3) is 5.34. The zero-order valence-electron chi connectivity index (χ0n) is 20.7. The highest BCUT2D eigenvalue weighted by atomic mass is 32.1. The van der Waals surface area contributed by atoms with Gasteiger partial charge in [-0.25, -0.2) is 4.98 Å². The van der Waals surface area contributed by atoms with Gasteiger partial charge >= 0.3 is 0 Å². The van der Waals surface area contributed by atoms with Crippen molar-refractivity contribution < 1.29 is 4.79 Å². The predicted octanol–water partition coefficient (Wildman–Crippen LogP) is 5.78. The van der Waals surface area contributed by atoms with Crippen LogP contribution in [0.25, 0.3) is 15.9 Å². The van der Waals surface area contributed by atoms with E-state index in [-0.39, 0.29) is 5.91 Å². The van der Waals surface area contributed by atoms with E-state index in [4.69, 9.17) is 0 Å². The summed E-state index contributed by atoms with van der Waals surface area (Å²) in [4.78, 5) is 22.0. The number of thiophene rings is 1. The lowest BCUT2D eigenvalue weighted by molar-refractivity contribution is 0.0954. The lowest BCUT2D eigenvalue weighted by Crippen LogP contribution is -2.36. The van der Waals surface area contributed by atoms with E-state index in [9.17, 15) is 4.79 Å². The van der Waals surface area contributed by atoms with Crippen LogP contribution >= 0.6 is 11.3 Å². The highest BCUT2D eigenvalue weighted by molar-refractivity contribution is 7.21. The van der Waals surface area contributed by atoms with Crippen molar-refractivity contribution in [1.29, 1.82) is 0 Å². The molecule has 1 amide bonds. The van der Waals surface area contributed by atoms with Gasteiger partial charge < -0.3 is 14.8 Å². The molecule has 0 atom stereocenters. The van der Waals surface area contributed by atoms with Crippen LogP contribution in [0.1, 0.15) is 45.9 Å². The van der Waals surface area contributed by atoms with Crippen LogP contribution in [0, 0.1) is 19.8 Å². The van der Waals surface area contributed by atoms with Crippen molar-refractivity contribution in [2.45, 2.75) is 39.5 Å². The Morgan fingerprint density at radius 3 is 2.51 bits per heavy atom. The Labute approximate surface area is 211 Å². The summed E-state index contributed by atoms with van der Waals surface area (Å²) in [7, 11) is 0. The summed E-state index contributed by atoms with van der Waals surface area (Å²) in [5.41, 5.74) is 4.65. The number of fused-ring (bicyclic) bond motifs is 1. The number of carbonyl (C=O) groups excluding carboxylic acids is 1. The Morgan fingerprint density at radius 2 is 1.77 bits per heavy atom. The number of aryl methyl sites for hydroxylation is 2. The molecule has 5 nitrogen and oxygen atoms in total. The molecule has 3 aromatic heterocycles. The quantitative estimate of drug-likeness (QED) is 0.321. The van der Waals surface area contributed by atoms with E-state index >= 15 is 0 Å². The minimum atomic E-state index is -0.00271. The van der Waals surface area contributed by atoms with Gasteiger partial charge in [-0.3, -0.25) is 4.79 Å². The largest absolute Gasteiger partial charge is 0.351 e. The Hall–Kier alpha value is -2.96. The molecule has 0 spiro atoms. The number of benzene rings is 1. The highest BCUT2D eigenvalue weighted by Gasteiger charge is 2.23. The molecule has 0 unspecified atom stereocenters. The molecule has 5 rings (SSSR count). The van der Waals surface area contributed by atoms with Gasteiger partial charge in [0.25, 0.3) is 5.91 Å². The molecule has 1 aliphatic heterocycles. The summed E-state index contributed by atoms with van der Waals surface area (Å²) in [6, 6.07) is 19.0. The van der Waals surface area contributed by atoms with Crippen LogP contribution in [0.3, 0.4) is 0 Å². The molecule has 6 heteroatoms. The number of carbonyl (C=O) groups is 1. The van der Waals surface area contributed by atoms with Crippen LogP contribution < -0.4 is 5.32 Å². The maximum absolute atomic E-state index is 13.3. The van der Waals surface area contributed by atoms with Crippen LogP contribution in [0.5, 0.6) is 0 Å². The molecule has 0 bridgehead atoms. The van der Waals surface area contributed by atoms with E-state index in [1.54, 1.807) is 6.20 Å². The third-order valence-corrected chi connectivity index (χ3v) is 8.25. The van der Waals surface area contributed by atoms with E-state index in [1.807, 2.05) is 6.07 Å². The second-order valence-corrected chi connectivity index (χ2v) is 10.7. The minimum absolute atomic E-state index is 0.00271. The first-order valence-corrected chi connectivity index (χ1v) is 13.5. The van der Waals surface area contributed by atoms with Crippen LogP contribution in [0.4, 0.5) is 0 Å². The summed E-state index contributed by atoms with van der Waals surface area (Å²) in [5.74, 6) is 0.783. The molecular formula is C29H34N4OS. The summed E-state index contributed by atoms with van der Waals surface area (Å²) in [6.45, 7) is 8.20. The average molecular weight is 487 g/mol. The molecule has 0 radical (unpaired) electrons. The van der Waals surface area contributed by atoms with Crippen LogP contribution in [-0.2, 0) is 6.42 Å². The number of rotatable bonds is 8. The number of likely N-dealkylation sites (tertiary alicyclic amines) is 1. The SMILES string of the molecule is Cc1ccc(C)n1-c1c(C(=O)NCCCN2CCC(Cc3ccccc3)CC2)sc2ncccc12. The van der Waals surface area contributed by atoms with Gasteiger partial charge in [0.15, 0.2) is 0 Å². The molecule has 0 aliphatic carbocycles. The molecule has 1 aromatic carbocycles. The Bertz CT molecular complexity index is 1270. The molecular weight excluding hydrogens is 452 g/mol. The number of amides is 1. The predicted molar refractivity (Wildman–Crippen MR) is 145 cm³/mol. The van der Waals surface area contributed by atoms with Crippen molar-refractivity contribution >= 4 is 27.5 Å². The van der Waals surface area contributed by atoms with Crippen LogP contribution in [-0.4, -0.2) is 46.5 Å². The second-order valence-electron chi connectivity index (χ2n) is 9.67. The molecule has 1 aliphatic rings. The molecule has 1 N–H and O–H groups in total. The standard InChI is InChI=1S/C29H34N4OS/c1-21-11-12-22(2)33(21)26-25-10-6-15-31-29(25)35-27(26)28(34)30-16-7-17-32-18-13-24(14-19-32)20-23-8-4-3-5-9-23/h3-6,8-12,15,24H,7,13-14,16-20H2,1-2H3,(H,30,34). The van der Waals surface area contributed by atoms with E-state index in [2.05, 4.69) is 82.1 Å². The molecule has 4 aromatic rings. The molecule has 35 heavy (non-hydrogen) atoms. The summed E-state index contributed by atoms with van der Waals surface area (Å²) in [6.07, 6.45) is 6.47. The van der Waals surface area contributed by atoms with E-state index in [1.165, 1.54) is 36.2 Å². The Balaban J connectivity index is 1.15. The molecule has 1 saturated heterocycles. The molecule has 1 fully saturated rings. The Kier molecular flexibility index (Phi) is 7.30. The average Bonchev–Trinajstić information content (AvgIpc) is 3.42. The van der Waals surface area contributed by atoms with Crippen molar-refractivity contribution in [1.82, 2.24) is 19.8 Å². The fourth-order valence-electron chi connectivity index (χ4n) is 5.26. The molecule has 0 saturated carbocycles. The third-order valence-electron chi connectivity index (χ3n) is 7.15. The van der Waals surface area contributed by atoms with Crippen molar-refractivity contribution in [3.05, 3.63) is 82.6 Å². The van der Waals surface area contributed by atoms with Crippen LogP contribution in [0.2, 0.25) is 0 Å². The van der Waals surface area contributed by atoms with Gasteiger partial charge in [0.05, 0.1) is 5.69 Å². The number of nitrogens with one attached hydrogen (secondary N) is 1.